The predicted molar refractivity (Wildman–Crippen MR) is 208 cm³/mol. The molecule has 3 aliphatic carbocycles. The van der Waals surface area contributed by atoms with Crippen molar-refractivity contribution in [2.75, 3.05) is 6.54 Å². The summed E-state index contributed by atoms with van der Waals surface area (Å²) in [5, 5.41) is 2.91. The van der Waals surface area contributed by atoms with E-state index in [2.05, 4.69) is 10.0 Å². The second-order valence-electron chi connectivity index (χ2n) is 17.4. The van der Waals surface area contributed by atoms with Crippen LogP contribution in [0.15, 0.2) is 36.4 Å². The minimum Gasteiger partial charge on any atom is -0.471 e. The number of sulfonamides is 1. The molecule has 302 valence electrons. The van der Waals surface area contributed by atoms with Gasteiger partial charge in [0.1, 0.15) is 23.9 Å². The number of para-hydroxylation sites is 2. The topological polar surface area (TPSA) is 174 Å². The molecule has 0 spiro atoms. The second kappa shape index (κ2) is 15.7. The summed E-state index contributed by atoms with van der Waals surface area (Å²) in [6, 6.07) is 5.73. The predicted octanol–water partition coefficient (Wildman–Crippen LogP) is 5.84. The lowest BCUT2D eigenvalue weighted by Gasteiger charge is -2.30. The molecule has 3 aliphatic heterocycles. The fraction of sp³-hybridized carbons (Fsp3) is 0.667. The number of allylic oxidation sites excluding steroid dienone is 2. The summed E-state index contributed by atoms with van der Waals surface area (Å²) < 4.78 is 40.5. The number of hydrogen-bond donors (Lipinski definition) is 2. The third kappa shape index (κ3) is 8.04. The highest BCUT2D eigenvalue weighted by Gasteiger charge is 2.62. The van der Waals surface area contributed by atoms with Crippen molar-refractivity contribution in [2.45, 2.75) is 152 Å². The molecule has 7 atom stereocenters. The van der Waals surface area contributed by atoms with Crippen LogP contribution in [0.2, 0.25) is 0 Å². The van der Waals surface area contributed by atoms with E-state index < -0.39 is 56.3 Å². The van der Waals surface area contributed by atoms with Crippen molar-refractivity contribution < 1.29 is 37.1 Å². The number of rotatable bonds is 3. The van der Waals surface area contributed by atoms with Crippen LogP contribution in [-0.4, -0.2) is 82.6 Å². The first kappa shape index (κ1) is 38.8. The molecule has 4 heterocycles. The Labute approximate surface area is 329 Å². The summed E-state index contributed by atoms with van der Waals surface area (Å²) in [5.41, 5.74) is 0.926. The molecule has 8 rings (SSSR count). The lowest BCUT2D eigenvalue weighted by molar-refractivity contribution is -0.140. The zero-order valence-corrected chi connectivity index (χ0v) is 33.2. The highest BCUT2D eigenvalue weighted by molar-refractivity contribution is 7.91. The van der Waals surface area contributed by atoms with Gasteiger partial charge >= 0.3 is 6.09 Å². The third-order valence-corrected chi connectivity index (χ3v) is 15.5. The number of ketones is 1. The van der Waals surface area contributed by atoms with Crippen LogP contribution < -0.4 is 14.8 Å². The van der Waals surface area contributed by atoms with Crippen molar-refractivity contribution in [1.82, 2.24) is 24.9 Å². The molecule has 2 N–H and O–H groups in total. The van der Waals surface area contributed by atoms with Gasteiger partial charge in [-0.25, -0.2) is 23.2 Å². The number of aryl methyl sites for hydroxylation is 1. The lowest BCUT2D eigenvalue weighted by atomic mass is 9.91. The Morgan fingerprint density at radius 1 is 0.929 bits per heavy atom. The molecule has 1 unspecified atom stereocenters. The highest BCUT2D eigenvalue weighted by atomic mass is 32.2. The number of alkyl carbamates (subject to hydrolysis) is 1. The van der Waals surface area contributed by atoms with Gasteiger partial charge in [0.2, 0.25) is 27.7 Å². The quantitative estimate of drug-likeness (QED) is 0.360. The largest absolute Gasteiger partial charge is 0.471 e. The average Bonchev–Trinajstić information content (AvgIpc) is 3.97. The van der Waals surface area contributed by atoms with Gasteiger partial charge in [0.15, 0.2) is 5.78 Å². The van der Waals surface area contributed by atoms with Gasteiger partial charge in [-0.1, -0.05) is 50.0 Å². The number of Topliss-reactive ketones (excluding diaryl/α,β-unsaturated/α-hetero) is 1. The van der Waals surface area contributed by atoms with Crippen LogP contribution in [0.1, 0.15) is 122 Å². The zero-order chi connectivity index (χ0) is 39.1. The fourth-order valence-electron chi connectivity index (χ4n) is 9.40. The highest BCUT2D eigenvalue weighted by Crippen LogP contribution is 2.57. The number of benzene rings is 1. The normalized spacial score (nSPS) is 33.2. The summed E-state index contributed by atoms with van der Waals surface area (Å²) in [6.07, 6.45) is 14.3. The van der Waals surface area contributed by atoms with Crippen molar-refractivity contribution in [3.63, 3.8) is 0 Å². The van der Waals surface area contributed by atoms with E-state index in [1.54, 1.807) is 6.92 Å². The Bertz CT molecular complexity index is 2000. The molecule has 13 nitrogen and oxygen atoms in total. The molecular formula is C42H55N5O8S. The van der Waals surface area contributed by atoms with Crippen LogP contribution in [0.4, 0.5) is 4.79 Å². The van der Waals surface area contributed by atoms with E-state index >= 15 is 0 Å². The second-order valence-corrected chi connectivity index (χ2v) is 19.6. The van der Waals surface area contributed by atoms with Crippen LogP contribution in [-0.2, 0) is 35.6 Å². The molecule has 3 amide bonds. The van der Waals surface area contributed by atoms with E-state index in [9.17, 15) is 27.6 Å². The maximum absolute atomic E-state index is 14.7. The molecule has 1 saturated heterocycles. The first-order valence-corrected chi connectivity index (χ1v) is 22.4. The van der Waals surface area contributed by atoms with Crippen LogP contribution in [0, 0.1) is 17.3 Å². The molecule has 6 aliphatic rings. The summed E-state index contributed by atoms with van der Waals surface area (Å²) in [7, 11) is -3.94. The van der Waals surface area contributed by atoms with E-state index in [4.69, 9.17) is 19.4 Å². The molecular weight excluding hydrogens is 735 g/mol. The van der Waals surface area contributed by atoms with E-state index in [0.717, 1.165) is 75.4 Å². The zero-order valence-electron chi connectivity index (χ0n) is 32.4. The van der Waals surface area contributed by atoms with Crippen molar-refractivity contribution in [1.29, 1.82) is 0 Å². The third-order valence-electron chi connectivity index (χ3n) is 13.4. The molecule has 0 radical (unpaired) electrons. The first-order valence-electron chi connectivity index (χ1n) is 20.9. The Hall–Kier alpha value is -4.07. The number of fused-ring (bicyclic) bond motifs is 6. The number of carbonyl (C=O) groups is 4. The van der Waals surface area contributed by atoms with Gasteiger partial charge < -0.3 is 19.7 Å². The Morgan fingerprint density at radius 3 is 2.48 bits per heavy atom. The lowest BCUT2D eigenvalue weighted by Crippen LogP contribution is -2.53. The Morgan fingerprint density at radius 2 is 1.68 bits per heavy atom. The molecule has 56 heavy (non-hydrogen) atoms. The molecule has 3 bridgehead atoms. The van der Waals surface area contributed by atoms with Crippen molar-refractivity contribution in [3.8, 4) is 5.88 Å². The minimum absolute atomic E-state index is 0.0658. The number of amides is 3. The van der Waals surface area contributed by atoms with Crippen LogP contribution in [0.3, 0.4) is 0 Å². The van der Waals surface area contributed by atoms with E-state index in [1.165, 1.54) is 4.90 Å². The monoisotopic (exact) mass is 789 g/mol. The van der Waals surface area contributed by atoms with Gasteiger partial charge in [-0.2, -0.15) is 0 Å². The maximum atomic E-state index is 14.7. The molecule has 4 fully saturated rings. The van der Waals surface area contributed by atoms with Crippen LogP contribution >= 0.6 is 0 Å². The standard InChI is InChI=1S/C42H55N5O8S/c1-41(21-22-41)56(52,53)46-39(50)42-24-28(42)15-7-3-2-4-8-19-33-38(49)47-26-29(23-34(47)35(48)25-42)54-37-32(43-30-16-10-11-17-31(30)44-37)18-9-5-6-13-27-14-12-20-36(27)55-40(51)45-33/h7,10-11,15-17,27-29,33-34,36H,2-6,8-9,12-14,18-26H2,1H3,(H,45,51)(H,46,50)/b15-7-/t27-,28?,29-,33+,34+,36-,42-/m1/s1. The van der Waals surface area contributed by atoms with Gasteiger partial charge in [-0.3, -0.25) is 19.1 Å². The number of nitrogens with zero attached hydrogens (tertiary/aromatic N) is 3. The number of hydrogen-bond acceptors (Lipinski definition) is 10. The minimum atomic E-state index is -3.94. The van der Waals surface area contributed by atoms with E-state index in [0.29, 0.717) is 49.9 Å². The Balaban J connectivity index is 1.13. The van der Waals surface area contributed by atoms with Crippen molar-refractivity contribution in [2.24, 2.45) is 17.3 Å². The van der Waals surface area contributed by atoms with Gasteiger partial charge in [0.05, 0.1) is 33.8 Å². The molecule has 1 aromatic carbocycles. The molecule has 3 saturated carbocycles. The number of nitrogens with one attached hydrogen (secondary N) is 2. The summed E-state index contributed by atoms with van der Waals surface area (Å²) in [4.78, 5) is 68.2. The molecule has 14 heteroatoms. The Kier molecular flexibility index (Phi) is 10.9. The number of aromatic nitrogens is 2. The SMILES string of the molecule is CC1(S(=O)(=O)NC(=O)[C@]23CC(=O)[C@@H]4C[C@@H]5CN4C(=O)[C@H](CCCCC/C=C\C2C3)NC(=O)O[C@@H]2CCC[C@H]2CCCCCc2nc3ccccc3nc2O5)CC1. The summed E-state index contributed by atoms with van der Waals surface area (Å²) >= 11 is 0. The van der Waals surface area contributed by atoms with E-state index in [1.807, 2.05) is 36.4 Å². The summed E-state index contributed by atoms with van der Waals surface area (Å²) in [5.74, 6) is -1.07. The fourth-order valence-corrected chi connectivity index (χ4v) is 10.7. The first-order chi connectivity index (χ1) is 26.9. The maximum Gasteiger partial charge on any atom is 0.408 e. The van der Waals surface area contributed by atoms with Gasteiger partial charge in [-0.05, 0) is 108 Å². The van der Waals surface area contributed by atoms with Gasteiger partial charge in [0.25, 0.3) is 0 Å². The van der Waals surface area contributed by atoms with Crippen LogP contribution in [0.5, 0.6) is 5.88 Å². The molecule has 1 aromatic heterocycles. The van der Waals surface area contributed by atoms with Gasteiger partial charge in [-0.15, -0.1) is 0 Å². The molecule has 2 aromatic rings. The number of ether oxygens (including phenoxy) is 2. The van der Waals surface area contributed by atoms with Crippen molar-refractivity contribution >= 4 is 44.7 Å². The van der Waals surface area contributed by atoms with E-state index in [-0.39, 0.29) is 43.1 Å². The smallest absolute Gasteiger partial charge is 0.408 e. The summed E-state index contributed by atoms with van der Waals surface area (Å²) in [6.45, 7) is 1.69. The van der Waals surface area contributed by atoms with Gasteiger partial charge in [0, 0.05) is 12.8 Å². The average molecular weight is 790 g/mol. The number of carbonyl (C=O) groups excluding carboxylic acids is 4. The van der Waals surface area contributed by atoms with Crippen LogP contribution in [0.25, 0.3) is 11.0 Å². The van der Waals surface area contributed by atoms with Crippen molar-refractivity contribution in [3.05, 3.63) is 42.1 Å².